The normalized spacial score (nSPS) is 10.3. The summed E-state index contributed by atoms with van der Waals surface area (Å²) in [5, 5.41) is 11.3. The zero-order valence-corrected chi connectivity index (χ0v) is 10.9. The molecule has 0 saturated carbocycles. The fourth-order valence-corrected chi connectivity index (χ4v) is 1.80. The van der Waals surface area contributed by atoms with Crippen molar-refractivity contribution in [3.05, 3.63) is 52.3 Å². The molecule has 1 aromatic heterocycles. The molecule has 0 fully saturated rings. The summed E-state index contributed by atoms with van der Waals surface area (Å²) in [5.74, 6) is -2.81. The average molecular weight is 329 g/mol. The van der Waals surface area contributed by atoms with Crippen LogP contribution in [0.4, 0.5) is 14.5 Å². The fourth-order valence-electron chi connectivity index (χ4n) is 1.40. The molecule has 0 aliphatic heterocycles. The summed E-state index contributed by atoms with van der Waals surface area (Å²) in [6.07, 6.45) is 2.31. The van der Waals surface area contributed by atoms with Gasteiger partial charge in [-0.1, -0.05) is 15.9 Å². The highest BCUT2D eigenvalue weighted by Gasteiger charge is 2.15. The van der Waals surface area contributed by atoms with Crippen LogP contribution < -0.4 is 5.32 Å². The van der Waals surface area contributed by atoms with E-state index in [0.717, 1.165) is 24.4 Å². The number of nitrogens with zero attached hydrogens (tertiary/aromatic N) is 1. The molecule has 0 unspecified atom stereocenters. The van der Waals surface area contributed by atoms with Crippen molar-refractivity contribution in [1.29, 1.82) is 0 Å². The molecule has 0 spiro atoms. The van der Waals surface area contributed by atoms with E-state index in [1.54, 1.807) is 0 Å². The number of aromatic nitrogens is 1. The summed E-state index contributed by atoms with van der Waals surface area (Å²) < 4.78 is 27.3. The molecule has 1 amide bonds. The van der Waals surface area contributed by atoms with E-state index < -0.39 is 23.2 Å². The van der Waals surface area contributed by atoms with Crippen LogP contribution in [0.5, 0.6) is 5.75 Å². The number of rotatable bonds is 2. The fraction of sp³-hybridized carbons (Fsp3) is 0. The summed E-state index contributed by atoms with van der Waals surface area (Å²) >= 11 is 2.93. The lowest BCUT2D eigenvalue weighted by Crippen LogP contribution is -2.14. The molecule has 0 aliphatic rings. The summed E-state index contributed by atoms with van der Waals surface area (Å²) in [4.78, 5) is 15.3. The minimum Gasteiger partial charge on any atom is -0.506 e. The Bertz CT molecular complexity index is 626. The Labute approximate surface area is 115 Å². The van der Waals surface area contributed by atoms with E-state index in [1.165, 1.54) is 6.20 Å². The van der Waals surface area contributed by atoms with Crippen molar-refractivity contribution in [2.75, 3.05) is 5.32 Å². The number of benzene rings is 1. The SMILES string of the molecule is O=C(Nc1c(F)cc(Br)cc1F)c1cncc(O)c1. The van der Waals surface area contributed by atoms with Gasteiger partial charge in [0.2, 0.25) is 0 Å². The van der Waals surface area contributed by atoms with Crippen LogP contribution in [0, 0.1) is 11.6 Å². The second-order valence-electron chi connectivity index (χ2n) is 3.63. The van der Waals surface area contributed by atoms with Crippen LogP contribution >= 0.6 is 15.9 Å². The topological polar surface area (TPSA) is 62.2 Å². The van der Waals surface area contributed by atoms with Crippen LogP contribution in [0.1, 0.15) is 10.4 Å². The maximum atomic E-state index is 13.5. The first kappa shape index (κ1) is 13.4. The predicted molar refractivity (Wildman–Crippen MR) is 67.9 cm³/mol. The molecular formula is C12H7BrF2N2O2. The summed E-state index contributed by atoms with van der Waals surface area (Å²) in [6, 6.07) is 3.19. The van der Waals surface area contributed by atoms with Crippen molar-refractivity contribution in [3.8, 4) is 5.75 Å². The second-order valence-corrected chi connectivity index (χ2v) is 4.55. The Morgan fingerprint density at radius 2 is 1.84 bits per heavy atom. The zero-order valence-electron chi connectivity index (χ0n) is 9.32. The standard InChI is InChI=1S/C12H7BrF2N2O2/c13-7-2-9(14)11(10(15)3-7)17-12(19)6-1-8(18)5-16-4-6/h1-5,18H,(H,17,19). The van der Waals surface area contributed by atoms with Crippen molar-refractivity contribution in [2.45, 2.75) is 0 Å². The van der Waals surface area contributed by atoms with Crippen molar-refractivity contribution >= 4 is 27.5 Å². The molecule has 4 nitrogen and oxygen atoms in total. The highest BCUT2D eigenvalue weighted by atomic mass is 79.9. The predicted octanol–water partition coefficient (Wildman–Crippen LogP) is 3.08. The molecule has 0 bridgehead atoms. The minimum atomic E-state index is -0.909. The number of carbonyl (C=O) groups is 1. The van der Waals surface area contributed by atoms with E-state index >= 15 is 0 Å². The first-order valence-corrected chi connectivity index (χ1v) is 5.86. The summed E-state index contributed by atoms with van der Waals surface area (Å²) in [7, 11) is 0. The Morgan fingerprint density at radius 1 is 1.21 bits per heavy atom. The molecule has 0 aliphatic carbocycles. The van der Waals surface area contributed by atoms with E-state index in [1.807, 2.05) is 0 Å². The number of anilines is 1. The quantitative estimate of drug-likeness (QED) is 0.890. The number of hydrogen-bond donors (Lipinski definition) is 2. The molecule has 1 aromatic carbocycles. The number of nitrogens with one attached hydrogen (secondary N) is 1. The highest BCUT2D eigenvalue weighted by Crippen LogP contribution is 2.24. The van der Waals surface area contributed by atoms with Crippen LogP contribution in [-0.2, 0) is 0 Å². The average Bonchev–Trinajstić information content (AvgIpc) is 2.33. The monoisotopic (exact) mass is 328 g/mol. The third-order valence-corrected chi connectivity index (χ3v) is 2.69. The molecule has 0 saturated heterocycles. The lowest BCUT2D eigenvalue weighted by atomic mass is 10.2. The van der Waals surface area contributed by atoms with Crippen LogP contribution in [0.3, 0.4) is 0 Å². The molecule has 0 atom stereocenters. The summed E-state index contributed by atoms with van der Waals surface area (Å²) in [6.45, 7) is 0. The first-order valence-electron chi connectivity index (χ1n) is 5.07. The Hall–Kier alpha value is -2.02. The number of pyridine rings is 1. The number of carbonyl (C=O) groups excluding carboxylic acids is 1. The second kappa shape index (κ2) is 5.31. The molecule has 0 radical (unpaired) electrons. The van der Waals surface area contributed by atoms with Gasteiger partial charge in [-0.25, -0.2) is 8.78 Å². The van der Waals surface area contributed by atoms with Gasteiger partial charge in [-0.3, -0.25) is 9.78 Å². The molecule has 2 aromatic rings. The molecule has 2 N–H and O–H groups in total. The van der Waals surface area contributed by atoms with Gasteiger partial charge in [-0.2, -0.15) is 0 Å². The third kappa shape index (κ3) is 3.05. The molecule has 98 valence electrons. The van der Waals surface area contributed by atoms with Gasteiger partial charge in [-0.15, -0.1) is 0 Å². The number of halogens is 3. The van der Waals surface area contributed by atoms with Gasteiger partial charge in [0, 0.05) is 10.7 Å². The lowest BCUT2D eigenvalue weighted by molar-refractivity contribution is 0.102. The van der Waals surface area contributed by atoms with E-state index in [9.17, 15) is 18.7 Å². The minimum absolute atomic E-state index is 0.0123. The van der Waals surface area contributed by atoms with E-state index in [2.05, 4.69) is 26.2 Å². The van der Waals surface area contributed by atoms with E-state index in [4.69, 9.17) is 0 Å². The largest absolute Gasteiger partial charge is 0.506 e. The van der Waals surface area contributed by atoms with Crippen molar-refractivity contribution in [2.24, 2.45) is 0 Å². The van der Waals surface area contributed by atoms with Crippen molar-refractivity contribution in [3.63, 3.8) is 0 Å². The summed E-state index contributed by atoms with van der Waals surface area (Å²) in [5.41, 5.74) is -0.571. The molecular weight excluding hydrogens is 322 g/mol. The molecule has 1 heterocycles. The highest BCUT2D eigenvalue weighted by molar-refractivity contribution is 9.10. The Balaban J connectivity index is 2.29. The molecule has 7 heteroatoms. The third-order valence-electron chi connectivity index (χ3n) is 2.23. The maximum absolute atomic E-state index is 13.5. The zero-order chi connectivity index (χ0) is 14.0. The van der Waals surface area contributed by atoms with Gasteiger partial charge in [0.25, 0.3) is 5.91 Å². The van der Waals surface area contributed by atoms with Crippen LogP contribution in [0.15, 0.2) is 35.1 Å². The molecule has 2 rings (SSSR count). The smallest absolute Gasteiger partial charge is 0.257 e. The first-order chi connectivity index (χ1) is 8.97. The van der Waals surface area contributed by atoms with E-state index in [-0.39, 0.29) is 15.8 Å². The van der Waals surface area contributed by atoms with Gasteiger partial charge in [0.05, 0.1) is 11.8 Å². The van der Waals surface area contributed by atoms with Gasteiger partial charge in [0.15, 0.2) is 11.6 Å². The van der Waals surface area contributed by atoms with Crippen molar-refractivity contribution < 1.29 is 18.7 Å². The van der Waals surface area contributed by atoms with Crippen LogP contribution in [0.2, 0.25) is 0 Å². The van der Waals surface area contributed by atoms with E-state index in [0.29, 0.717) is 0 Å². The van der Waals surface area contributed by atoms with Gasteiger partial charge >= 0.3 is 0 Å². The van der Waals surface area contributed by atoms with Gasteiger partial charge < -0.3 is 10.4 Å². The van der Waals surface area contributed by atoms with Crippen LogP contribution in [0.25, 0.3) is 0 Å². The number of amides is 1. The number of hydrogen-bond acceptors (Lipinski definition) is 3. The molecule has 19 heavy (non-hydrogen) atoms. The Kier molecular flexibility index (Phi) is 3.75. The Morgan fingerprint density at radius 3 is 2.42 bits per heavy atom. The van der Waals surface area contributed by atoms with Crippen LogP contribution in [-0.4, -0.2) is 16.0 Å². The lowest BCUT2D eigenvalue weighted by Gasteiger charge is -2.08. The maximum Gasteiger partial charge on any atom is 0.257 e. The van der Waals surface area contributed by atoms with Gasteiger partial charge in [-0.05, 0) is 18.2 Å². The number of aromatic hydroxyl groups is 1. The van der Waals surface area contributed by atoms with Crippen molar-refractivity contribution in [1.82, 2.24) is 4.98 Å². The van der Waals surface area contributed by atoms with Gasteiger partial charge in [0.1, 0.15) is 11.4 Å².